The number of halogens is 1. The van der Waals surface area contributed by atoms with Gasteiger partial charge >= 0.3 is 0 Å². The number of nitrogens with one attached hydrogen (secondary N) is 3. The van der Waals surface area contributed by atoms with E-state index in [2.05, 4.69) is 36.4 Å². The molecule has 4 heterocycles. The van der Waals surface area contributed by atoms with E-state index in [0.717, 1.165) is 50.9 Å². The van der Waals surface area contributed by atoms with Crippen LogP contribution in [0.4, 0.5) is 4.39 Å². The number of hydrogen-bond donors (Lipinski definition) is 3. The minimum atomic E-state index is -0.369. The molecule has 0 spiro atoms. The van der Waals surface area contributed by atoms with Gasteiger partial charge in [0.25, 0.3) is 0 Å². The lowest BCUT2D eigenvalue weighted by molar-refractivity contribution is 0.260. The molecule has 2 aromatic carbocycles. The molecule has 0 aliphatic carbocycles. The normalized spacial score (nSPS) is 11.7. The summed E-state index contributed by atoms with van der Waals surface area (Å²) in [6.07, 6.45) is 5.37. The van der Waals surface area contributed by atoms with Crippen LogP contribution >= 0.6 is 0 Å². The topological polar surface area (TPSA) is 98.5 Å². The molecule has 9 heteroatoms. The van der Waals surface area contributed by atoms with Crippen molar-refractivity contribution < 1.29 is 9.13 Å². The Morgan fingerprint density at radius 3 is 2.64 bits per heavy atom. The van der Waals surface area contributed by atoms with Crippen molar-refractivity contribution in [2.45, 2.75) is 0 Å². The maximum Gasteiger partial charge on any atom is 0.127 e. The van der Waals surface area contributed by atoms with Gasteiger partial charge in [-0.1, -0.05) is 6.07 Å². The second-order valence-corrected chi connectivity index (χ2v) is 8.95. The molecule has 0 fully saturated rings. The van der Waals surface area contributed by atoms with Crippen molar-refractivity contribution in [1.29, 1.82) is 0 Å². The summed E-state index contributed by atoms with van der Waals surface area (Å²) in [5.41, 5.74) is 6.82. The number of benzene rings is 2. The van der Waals surface area contributed by atoms with Gasteiger partial charge < -0.3 is 14.6 Å². The molecule has 6 rings (SSSR count). The molecule has 6 aromatic rings. The molecule has 180 valence electrons. The van der Waals surface area contributed by atoms with Gasteiger partial charge in [-0.3, -0.25) is 15.2 Å². The first-order valence-corrected chi connectivity index (χ1v) is 11.6. The van der Waals surface area contributed by atoms with Crippen molar-refractivity contribution in [3.05, 3.63) is 72.9 Å². The number of aromatic nitrogens is 6. The van der Waals surface area contributed by atoms with E-state index < -0.39 is 0 Å². The van der Waals surface area contributed by atoms with Crippen LogP contribution in [0, 0.1) is 5.82 Å². The third-order valence-corrected chi connectivity index (χ3v) is 6.15. The minimum Gasteiger partial charge on any atom is -0.492 e. The van der Waals surface area contributed by atoms with Crippen LogP contribution in [0.5, 0.6) is 5.75 Å². The maximum absolute atomic E-state index is 14.5. The minimum absolute atomic E-state index is 0.369. The van der Waals surface area contributed by atoms with E-state index in [9.17, 15) is 4.39 Å². The van der Waals surface area contributed by atoms with Gasteiger partial charge in [0.05, 0.1) is 23.1 Å². The van der Waals surface area contributed by atoms with Gasteiger partial charge in [-0.15, -0.1) is 0 Å². The summed E-state index contributed by atoms with van der Waals surface area (Å²) in [4.78, 5) is 10.1. The van der Waals surface area contributed by atoms with Gasteiger partial charge in [0.1, 0.15) is 23.9 Å². The fourth-order valence-electron chi connectivity index (χ4n) is 4.35. The summed E-state index contributed by atoms with van der Waals surface area (Å²) in [7, 11) is 3.94. The van der Waals surface area contributed by atoms with Gasteiger partial charge in [0, 0.05) is 52.4 Å². The first kappa shape index (κ1) is 22.0. The van der Waals surface area contributed by atoms with Gasteiger partial charge in [0.2, 0.25) is 0 Å². The van der Waals surface area contributed by atoms with E-state index >= 15 is 0 Å². The standard InChI is InChI=1S/C27H24FN7O/c1-35(2)7-8-36-20-10-17(9-19(28)12-20)26-22-13-25(32-23(22)5-6-29-26)27-21-11-16(18-14-30-31-15-18)3-4-24(21)33-34-27/h3-6,9-15,32H,7-8H2,1-2H3,(H,30,31)(H,33,34). The van der Waals surface area contributed by atoms with Crippen LogP contribution in [0.3, 0.4) is 0 Å². The highest BCUT2D eigenvalue weighted by atomic mass is 19.1. The fourth-order valence-corrected chi connectivity index (χ4v) is 4.35. The van der Waals surface area contributed by atoms with Crippen molar-refractivity contribution in [2.75, 3.05) is 27.2 Å². The Labute approximate surface area is 206 Å². The molecule has 4 aromatic heterocycles. The zero-order valence-corrected chi connectivity index (χ0v) is 19.8. The third kappa shape index (κ3) is 4.09. The zero-order chi connectivity index (χ0) is 24.6. The van der Waals surface area contributed by atoms with Crippen LogP contribution in [0.15, 0.2) is 67.1 Å². The molecule has 36 heavy (non-hydrogen) atoms. The molecule has 0 atom stereocenters. The number of hydrogen-bond acceptors (Lipinski definition) is 5. The molecule has 0 bridgehead atoms. The highest BCUT2D eigenvalue weighted by molar-refractivity contribution is 6.00. The number of rotatable bonds is 7. The van der Waals surface area contributed by atoms with Gasteiger partial charge in [-0.05, 0) is 56.1 Å². The number of likely N-dealkylation sites (N-methyl/N-ethyl adjacent to an activating group) is 1. The van der Waals surface area contributed by atoms with Crippen LogP contribution in [0.2, 0.25) is 0 Å². The molecular formula is C27H24FN7O. The van der Waals surface area contributed by atoms with Crippen molar-refractivity contribution in [2.24, 2.45) is 0 Å². The molecule has 0 aliphatic rings. The Hall–Kier alpha value is -4.50. The van der Waals surface area contributed by atoms with Gasteiger partial charge in [-0.25, -0.2) is 4.39 Å². The molecule has 8 nitrogen and oxygen atoms in total. The van der Waals surface area contributed by atoms with Gasteiger partial charge in [0.15, 0.2) is 0 Å². The molecule has 3 N–H and O–H groups in total. The second-order valence-electron chi connectivity index (χ2n) is 8.95. The lowest BCUT2D eigenvalue weighted by atomic mass is 10.0. The zero-order valence-electron chi connectivity index (χ0n) is 19.8. The SMILES string of the molecule is CN(C)CCOc1cc(F)cc(-c2nccc3[nH]c(-c4n[nH]c5ccc(-c6cn[nH]c6)cc45)cc23)c1. The van der Waals surface area contributed by atoms with E-state index in [0.29, 0.717) is 23.6 Å². The van der Waals surface area contributed by atoms with Crippen molar-refractivity contribution in [1.82, 2.24) is 35.3 Å². The van der Waals surface area contributed by atoms with E-state index in [1.165, 1.54) is 12.1 Å². The molecule has 0 amide bonds. The highest BCUT2D eigenvalue weighted by Gasteiger charge is 2.16. The van der Waals surface area contributed by atoms with E-state index in [1.807, 2.05) is 55.5 Å². The Kier molecular flexibility index (Phi) is 5.46. The van der Waals surface area contributed by atoms with Crippen LogP contribution < -0.4 is 4.74 Å². The quantitative estimate of drug-likeness (QED) is 0.290. The second kappa shape index (κ2) is 8.94. The maximum atomic E-state index is 14.5. The summed E-state index contributed by atoms with van der Waals surface area (Å²) in [5, 5.41) is 16.5. The molecule has 0 saturated carbocycles. The Bertz CT molecular complexity index is 1670. The van der Waals surface area contributed by atoms with E-state index in [-0.39, 0.29) is 5.82 Å². The van der Waals surface area contributed by atoms with Crippen LogP contribution in [0.25, 0.3) is 55.6 Å². The summed E-state index contributed by atoms with van der Waals surface area (Å²) < 4.78 is 20.3. The largest absolute Gasteiger partial charge is 0.492 e. The van der Waals surface area contributed by atoms with E-state index in [1.54, 1.807) is 12.4 Å². The van der Waals surface area contributed by atoms with Crippen molar-refractivity contribution in [3.8, 4) is 39.5 Å². The lowest BCUT2D eigenvalue weighted by Crippen LogP contribution is -2.19. The summed E-state index contributed by atoms with van der Waals surface area (Å²) in [6, 6.07) is 14.8. The number of H-pyrrole nitrogens is 3. The molecule has 0 radical (unpaired) electrons. The Morgan fingerprint density at radius 2 is 1.81 bits per heavy atom. The van der Waals surface area contributed by atoms with Crippen LogP contribution in [0.1, 0.15) is 0 Å². The Morgan fingerprint density at radius 1 is 0.917 bits per heavy atom. The van der Waals surface area contributed by atoms with Crippen molar-refractivity contribution >= 4 is 21.8 Å². The lowest BCUT2D eigenvalue weighted by Gasteiger charge is -2.12. The highest BCUT2D eigenvalue weighted by Crippen LogP contribution is 2.35. The number of aromatic amines is 3. The Balaban J connectivity index is 1.41. The van der Waals surface area contributed by atoms with Gasteiger partial charge in [-0.2, -0.15) is 10.2 Å². The summed E-state index contributed by atoms with van der Waals surface area (Å²) >= 11 is 0. The average molecular weight is 482 g/mol. The first-order chi connectivity index (χ1) is 17.5. The number of pyridine rings is 1. The smallest absolute Gasteiger partial charge is 0.127 e. The van der Waals surface area contributed by atoms with Crippen LogP contribution in [-0.2, 0) is 0 Å². The van der Waals surface area contributed by atoms with Crippen LogP contribution in [-0.4, -0.2) is 62.5 Å². The predicted octanol–water partition coefficient (Wildman–Crippen LogP) is 5.24. The molecule has 0 aliphatic heterocycles. The molecule has 0 unspecified atom stereocenters. The summed E-state index contributed by atoms with van der Waals surface area (Å²) in [6.45, 7) is 1.20. The number of fused-ring (bicyclic) bond motifs is 2. The predicted molar refractivity (Wildman–Crippen MR) is 138 cm³/mol. The number of ether oxygens (including phenoxy) is 1. The molecule has 0 saturated heterocycles. The fraction of sp³-hybridized carbons (Fsp3) is 0.148. The third-order valence-electron chi connectivity index (χ3n) is 6.15. The number of nitrogens with zero attached hydrogens (tertiary/aromatic N) is 4. The summed E-state index contributed by atoms with van der Waals surface area (Å²) in [5.74, 6) is 0.110. The molecular weight excluding hydrogens is 457 g/mol. The first-order valence-electron chi connectivity index (χ1n) is 11.6. The van der Waals surface area contributed by atoms with Crippen molar-refractivity contribution in [3.63, 3.8) is 0 Å². The average Bonchev–Trinajstić information content (AvgIpc) is 3.62. The monoisotopic (exact) mass is 481 g/mol. The van der Waals surface area contributed by atoms with E-state index in [4.69, 9.17) is 4.74 Å².